The second kappa shape index (κ2) is 5.12. The third kappa shape index (κ3) is 3.63. The lowest BCUT2D eigenvalue weighted by molar-refractivity contribution is 0.0950. The second-order valence-electron chi connectivity index (χ2n) is 4.80. The van der Waals surface area contributed by atoms with Crippen LogP contribution >= 0.6 is 0 Å². The monoisotopic (exact) mass is 289 g/mol. The normalized spacial score (nSPS) is 12.2. The Kier molecular flexibility index (Phi) is 4.14. The van der Waals surface area contributed by atoms with Crippen LogP contribution in [0.3, 0.4) is 0 Å². The average Bonchev–Trinajstić information content (AvgIpc) is 2.28. The fourth-order valence-corrected chi connectivity index (χ4v) is 1.49. The minimum absolute atomic E-state index is 0.110. The zero-order valence-corrected chi connectivity index (χ0v) is 11.7. The fraction of sp³-hybridized carbons (Fsp3) is 0.455. The van der Waals surface area contributed by atoms with E-state index < -0.39 is 26.3 Å². The highest BCUT2D eigenvalue weighted by Crippen LogP contribution is 2.15. The summed E-state index contributed by atoms with van der Waals surface area (Å²) in [5.74, 6) is -1.47. The number of nitrogens with one attached hydrogen (secondary N) is 1. The maximum Gasteiger partial charge on any atom is 0.255 e. The number of nitrogen functional groups attached to an aromatic ring is 1. The highest BCUT2D eigenvalue weighted by molar-refractivity contribution is 7.92. The van der Waals surface area contributed by atoms with E-state index in [0.29, 0.717) is 0 Å². The first-order valence-corrected chi connectivity index (χ1v) is 7.32. The van der Waals surface area contributed by atoms with Gasteiger partial charge in [0.2, 0.25) is 0 Å². The number of rotatable bonds is 4. The first kappa shape index (κ1) is 15.4. The SMILES string of the molecule is CC(C)(CNC(=O)c1cc(F)cnc1N)S(C)(=O)=O. The molecule has 0 saturated heterocycles. The van der Waals surface area contributed by atoms with Gasteiger partial charge >= 0.3 is 0 Å². The lowest BCUT2D eigenvalue weighted by Gasteiger charge is -2.22. The van der Waals surface area contributed by atoms with Crippen LogP contribution in [0.5, 0.6) is 0 Å². The molecule has 6 nitrogen and oxygen atoms in total. The third-order valence-electron chi connectivity index (χ3n) is 2.81. The number of amides is 1. The van der Waals surface area contributed by atoms with Gasteiger partial charge in [-0.15, -0.1) is 0 Å². The Labute approximate surface area is 111 Å². The molecule has 8 heteroatoms. The van der Waals surface area contributed by atoms with Gasteiger partial charge in [0.05, 0.1) is 16.5 Å². The zero-order valence-electron chi connectivity index (χ0n) is 10.9. The van der Waals surface area contributed by atoms with Crippen LogP contribution < -0.4 is 11.1 Å². The van der Waals surface area contributed by atoms with Crippen molar-refractivity contribution in [3.8, 4) is 0 Å². The standard InChI is InChI=1S/C11H16FN3O3S/c1-11(2,19(3,17)18)6-15-10(16)8-4-7(12)5-14-9(8)13/h4-5H,6H2,1-3H3,(H2,13,14)(H,15,16). The van der Waals surface area contributed by atoms with Crippen molar-refractivity contribution in [3.05, 3.63) is 23.6 Å². The highest BCUT2D eigenvalue weighted by Gasteiger charge is 2.30. The van der Waals surface area contributed by atoms with Gasteiger partial charge in [-0.3, -0.25) is 4.79 Å². The first-order chi connectivity index (χ1) is 8.54. The summed E-state index contributed by atoms with van der Waals surface area (Å²) in [4.78, 5) is 15.3. The summed E-state index contributed by atoms with van der Waals surface area (Å²) in [7, 11) is -3.33. The summed E-state index contributed by atoms with van der Waals surface area (Å²) in [6.07, 6.45) is 1.98. The number of carbonyl (C=O) groups is 1. The van der Waals surface area contributed by atoms with Crippen molar-refractivity contribution in [1.29, 1.82) is 0 Å². The molecule has 3 N–H and O–H groups in total. The van der Waals surface area contributed by atoms with Crippen LogP contribution in [0.4, 0.5) is 10.2 Å². The van der Waals surface area contributed by atoms with Gasteiger partial charge in [0, 0.05) is 12.8 Å². The molecule has 0 bridgehead atoms. The summed E-state index contributed by atoms with van der Waals surface area (Å²) in [6.45, 7) is 2.85. The van der Waals surface area contributed by atoms with Crippen molar-refractivity contribution < 1.29 is 17.6 Å². The minimum Gasteiger partial charge on any atom is -0.383 e. The van der Waals surface area contributed by atoms with Gasteiger partial charge < -0.3 is 11.1 Å². The quantitative estimate of drug-likeness (QED) is 0.833. The second-order valence-corrected chi connectivity index (χ2v) is 7.45. The van der Waals surface area contributed by atoms with E-state index in [4.69, 9.17) is 5.73 Å². The van der Waals surface area contributed by atoms with Gasteiger partial charge in [-0.25, -0.2) is 17.8 Å². The number of pyridine rings is 1. The van der Waals surface area contributed by atoms with Gasteiger partial charge in [0.1, 0.15) is 11.6 Å². The predicted molar refractivity (Wildman–Crippen MR) is 69.9 cm³/mol. The molecule has 0 aliphatic carbocycles. The number of nitrogens with two attached hydrogens (primary N) is 1. The summed E-state index contributed by atoms with van der Waals surface area (Å²) in [5.41, 5.74) is 5.34. The molecule has 0 saturated carbocycles. The highest BCUT2D eigenvalue weighted by atomic mass is 32.2. The molecule has 0 spiro atoms. The Hall–Kier alpha value is -1.70. The Balaban J connectivity index is 2.85. The van der Waals surface area contributed by atoms with Gasteiger partial charge in [-0.1, -0.05) is 0 Å². The Morgan fingerprint density at radius 2 is 2.11 bits per heavy atom. The smallest absolute Gasteiger partial charge is 0.255 e. The average molecular weight is 289 g/mol. The molecule has 0 fully saturated rings. The van der Waals surface area contributed by atoms with Crippen LogP contribution in [0.2, 0.25) is 0 Å². The van der Waals surface area contributed by atoms with Crippen LogP contribution in [-0.4, -0.2) is 36.9 Å². The molecule has 0 unspecified atom stereocenters. The largest absolute Gasteiger partial charge is 0.383 e. The molecule has 1 rings (SSSR count). The van der Waals surface area contributed by atoms with E-state index in [-0.39, 0.29) is 17.9 Å². The lowest BCUT2D eigenvalue weighted by Crippen LogP contribution is -2.43. The number of aromatic nitrogens is 1. The Morgan fingerprint density at radius 1 is 1.53 bits per heavy atom. The van der Waals surface area contributed by atoms with E-state index in [1.54, 1.807) is 0 Å². The molecule has 0 aliphatic rings. The summed E-state index contributed by atoms with van der Waals surface area (Å²) in [6, 6.07) is 0.950. The molecule has 0 aliphatic heterocycles. The van der Waals surface area contributed by atoms with Crippen molar-refractivity contribution in [3.63, 3.8) is 0 Å². The van der Waals surface area contributed by atoms with E-state index >= 15 is 0 Å². The van der Waals surface area contributed by atoms with Crippen molar-refractivity contribution in [2.24, 2.45) is 0 Å². The van der Waals surface area contributed by atoms with Gasteiger partial charge in [0.25, 0.3) is 5.91 Å². The predicted octanol–water partition coefficient (Wildman–Crippen LogP) is 0.356. The molecule has 19 heavy (non-hydrogen) atoms. The molecule has 1 aromatic heterocycles. The fourth-order valence-electron chi connectivity index (χ4n) is 1.15. The molecule has 1 amide bonds. The van der Waals surface area contributed by atoms with Crippen LogP contribution in [0.25, 0.3) is 0 Å². The van der Waals surface area contributed by atoms with Crippen molar-refractivity contribution in [1.82, 2.24) is 10.3 Å². The molecule has 0 radical (unpaired) electrons. The van der Waals surface area contributed by atoms with E-state index in [2.05, 4.69) is 10.3 Å². The Bertz CT molecular complexity index is 599. The van der Waals surface area contributed by atoms with Gasteiger partial charge in [-0.05, 0) is 19.9 Å². The van der Waals surface area contributed by atoms with E-state index in [9.17, 15) is 17.6 Å². The summed E-state index contributed by atoms with van der Waals surface area (Å²) < 4.78 is 34.8. The zero-order chi connectivity index (χ0) is 14.8. The maximum absolute atomic E-state index is 13.0. The van der Waals surface area contributed by atoms with E-state index in [0.717, 1.165) is 18.5 Å². The Morgan fingerprint density at radius 3 is 2.63 bits per heavy atom. The van der Waals surface area contributed by atoms with Crippen LogP contribution in [0.15, 0.2) is 12.3 Å². The van der Waals surface area contributed by atoms with Crippen LogP contribution in [0.1, 0.15) is 24.2 Å². The number of carbonyl (C=O) groups excluding carboxylic acids is 1. The summed E-state index contributed by atoms with van der Waals surface area (Å²) >= 11 is 0. The number of halogens is 1. The first-order valence-electron chi connectivity index (χ1n) is 5.43. The number of hydrogen-bond acceptors (Lipinski definition) is 5. The molecular formula is C11H16FN3O3S. The molecule has 106 valence electrons. The van der Waals surface area contributed by atoms with Crippen molar-refractivity contribution in [2.45, 2.75) is 18.6 Å². The molecule has 0 aromatic carbocycles. The van der Waals surface area contributed by atoms with Crippen LogP contribution in [0, 0.1) is 5.82 Å². The topological polar surface area (TPSA) is 102 Å². The molecular weight excluding hydrogens is 273 g/mol. The minimum atomic E-state index is -3.33. The van der Waals surface area contributed by atoms with Gasteiger partial charge in [-0.2, -0.15) is 0 Å². The lowest BCUT2D eigenvalue weighted by atomic mass is 10.2. The van der Waals surface area contributed by atoms with E-state index in [1.807, 2.05) is 0 Å². The van der Waals surface area contributed by atoms with Crippen LogP contribution in [-0.2, 0) is 9.84 Å². The van der Waals surface area contributed by atoms with E-state index in [1.165, 1.54) is 13.8 Å². The molecule has 0 atom stereocenters. The molecule has 1 aromatic rings. The van der Waals surface area contributed by atoms with Crippen molar-refractivity contribution >= 4 is 21.6 Å². The number of nitrogens with zero attached hydrogens (tertiary/aromatic N) is 1. The number of sulfone groups is 1. The number of anilines is 1. The van der Waals surface area contributed by atoms with Gasteiger partial charge in [0.15, 0.2) is 9.84 Å². The molecule has 1 heterocycles. The summed E-state index contributed by atoms with van der Waals surface area (Å²) in [5, 5.41) is 2.41. The maximum atomic E-state index is 13.0. The third-order valence-corrected chi connectivity index (χ3v) is 4.96. The van der Waals surface area contributed by atoms with Crippen molar-refractivity contribution in [2.75, 3.05) is 18.5 Å². The number of hydrogen-bond donors (Lipinski definition) is 2.